The Labute approximate surface area is 126 Å². The van der Waals surface area contributed by atoms with Crippen LogP contribution in [0.2, 0.25) is 0 Å². The molecule has 110 valence electrons. The van der Waals surface area contributed by atoms with Gasteiger partial charge in [-0.3, -0.25) is 10.1 Å². The maximum atomic E-state index is 12.2. The summed E-state index contributed by atoms with van der Waals surface area (Å²) >= 11 is 1.35. The van der Waals surface area contributed by atoms with E-state index < -0.39 is 0 Å². The molecule has 6 nitrogen and oxygen atoms in total. The number of methoxy groups -OCH3 is 1. The fourth-order valence-electron chi connectivity index (χ4n) is 2.18. The number of hydrogen-bond donors (Lipinski definition) is 1. The SMILES string of the molecule is COc1ccccc1C(=O)Nc1nnc(C2CCCO2)s1. The lowest BCUT2D eigenvalue weighted by Gasteiger charge is -2.06. The standard InChI is InChI=1S/C14H15N3O3S/c1-19-10-6-3-2-5-9(10)12(18)15-14-17-16-13(21-14)11-7-4-8-20-11/h2-3,5-6,11H,4,7-8H2,1H3,(H,15,17,18). The predicted octanol–water partition coefficient (Wildman–Crippen LogP) is 2.65. The highest BCUT2D eigenvalue weighted by Crippen LogP contribution is 2.32. The minimum Gasteiger partial charge on any atom is -0.496 e. The largest absolute Gasteiger partial charge is 0.496 e. The molecule has 1 aliphatic rings. The number of nitrogens with one attached hydrogen (secondary N) is 1. The summed E-state index contributed by atoms with van der Waals surface area (Å²) in [5.41, 5.74) is 0.467. The van der Waals surface area contributed by atoms with E-state index in [0.29, 0.717) is 16.4 Å². The second-order valence-electron chi connectivity index (χ2n) is 4.60. The summed E-state index contributed by atoms with van der Waals surface area (Å²) < 4.78 is 10.7. The molecule has 1 unspecified atom stereocenters. The molecule has 0 spiro atoms. The van der Waals surface area contributed by atoms with Gasteiger partial charge in [0, 0.05) is 6.61 Å². The van der Waals surface area contributed by atoms with E-state index in [-0.39, 0.29) is 12.0 Å². The Bertz CT molecular complexity index is 638. The van der Waals surface area contributed by atoms with Gasteiger partial charge in [-0.05, 0) is 25.0 Å². The maximum absolute atomic E-state index is 12.2. The molecule has 1 amide bonds. The number of anilines is 1. The van der Waals surface area contributed by atoms with Crippen molar-refractivity contribution in [2.45, 2.75) is 18.9 Å². The van der Waals surface area contributed by atoms with Crippen molar-refractivity contribution < 1.29 is 14.3 Å². The second kappa shape index (κ2) is 6.19. The van der Waals surface area contributed by atoms with E-state index in [1.165, 1.54) is 18.4 Å². The fourth-order valence-corrected chi connectivity index (χ4v) is 3.01. The molecule has 1 atom stereocenters. The monoisotopic (exact) mass is 305 g/mol. The number of aromatic nitrogens is 2. The number of carbonyl (C=O) groups excluding carboxylic acids is 1. The average molecular weight is 305 g/mol. The van der Waals surface area contributed by atoms with Crippen molar-refractivity contribution in [3.63, 3.8) is 0 Å². The molecular weight excluding hydrogens is 290 g/mol. The second-order valence-corrected chi connectivity index (χ2v) is 5.61. The van der Waals surface area contributed by atoms with Crippen molar-refractivity contribution in [1.82, 2.24) is 10.2 Å². The van der Waals surface area contributed by atoms with Crippen molar-refractivity contribution in [3.05, 3.63) is 34.8 Å². The van der Waals surface area contributed by atoms with Gasteiger partial charge in [-0.15, -0.1) is 10.2 Å². The summed E-state index contributed by atoms with van der Waals surface area (Å²) in [5.74, 6) is 0.265. The highest BCUT2D eigenvalue weighted by molar-refractivity contribution is 7.15. The number of rotatable bonds is 4. The Morgan fingerprint density at radius 2 is 2.29 bits per heavy atom. The van der Waals surface area contributed by atoms with Gasteiger partial charge in [0.05, 0.1) is 12.7 Å². The van der Waals surface area contributed by atoms with Gasteiger partial charge in [0.25, 0.3) is 5.91 Å². The molecule has 0 bridgehead atoms. The van der Waals surface area contributed by atoms with Gasteiger partial charge in [0.2, 0.25) is 5.13 Å². The number of carbonyl (C=O) groups is 1. The Kier molecular flexibility index (Phi) is 4.12. The molecule has 1 aliphatic heterocycles. The maximum Gasteiger partial charge on any atom is 0.261 e. The third kappa shape index (κ3) is 3.03. The molecule has 21 heavy (non-hydrogen) atoms. The third-order valence-electron chi connectivity index (χ3n) is 3.22. The lowest BCUT2D eigenvalue weighted by molar-refractivity contribution is 0.102. The minimum atomic E-state index is -0.262. The molecule has 1 aromatic carbocycles. The van der Waals surface area contributed by atoms with Crippen LogP contribution in [0.25, 0.3) is 0 Å². The van der Waals surface area contributed by atoms with Crippen LogP contribution < -0.4 is 10.1 Å². The number of nitrogens with zero attached hydrogens (tertiary/aromatic N) is 2. The zero-order valence-corrected chi connectivity index (χ0v) is 12.4. The Hall–Kier alpha value is -1.99. The highest BCUT2D eigenvalue weighted by atomic mass is 32.1. The molecule has 1 fully saturated rings. The summed E-state index contributed by atoms with van der Waals surface area (Å²) in [6.07, 6.45) is 2.00. The number of amides is 1. The normalized spacial score (nSPS) is 17.7. The lowest BCUT2D eigenvalue weighted by Crippen LogP contribution is -2.12. The van der Waals surface area contributed by atoms with Gasteiger partial charge < -0.3 is 9.47 Å². The van der Waals surface area contributed by atoms with Gasteiger partial charge in [0.15, 0.2) is 0 Å². The zero-order chi connectivity index (χ0) is 14.7. The van der Waals surface area contributed by atoms with Gasteiger partial charge >= 0.3 is 0 Å². The molecule has 0 aliphatic carbocycles. The quantitative estimate of drug-likeness (QED) is 0.940. The summed E-state index contributed by atoms with van der Waals surface area (Å²) in [4.78, 5) is 12.2. The first-order valence-corrected chi connectivity index (χ1v) is 7.49. The molecule has 1 aromatic heterocycles. The van der Waals surface area contributed by atoms with Crippen LogP contribution in [-0.2, 0) is 4.74 Å². The summed E-state index contributed by atoms with van der Waals surface area (Å²) in [7, 11) is 1.53. The smallest absolute Gasteiger partial charge is 0.261 e. The molecule has 1 saturated heterocycles. The predicted molar refractivity (Wildman–Crippen MR) is 78.8 cm³/mol. The minimum absolute atomic E-state index is 0.0133. The first kappa shape index (κ1) is 14.0. The molecule has 3 rings (SSSR count). The third-order valence-corrected chi connectivity index (χ3v) is 4.15. The lowest BCUT2D eigenvalue weighted by atomic mass is 10.2. The van der Waals surface area contributed by atoms with Crippen molar-refractivity contribution in [3.8, 4) is 5.75 Å². The Morgan fingerprint density at radius 1 is 1.43 bits per heavy atom. The van der Waals surface area contributed by atoms with Crippen LogP contribution in [0, 0.1) is 0 Å². The summed E-state index contributed by atoms with van der Waals surface area (Å²) in [6.45, 7) is 0.757. The molecule has 1 N–H and O–H groups in total. The molecule has 0 saturated carbocycles. The molecule has 0 radical (unpaired) electrons. The van der Waals surface area contributed by atoms with Gasteiger partial charge in [0.1, 0.15) is 16.9 Å². The van der Waals surface area contributed by atoms with E-state index in [2.05, 4.69) is 15.5 Å². The van der Waals surface area contributed by atoms with Crippen LogP contribution in [0.5, 0.6) is 5.75 Å². The average Bonchev–Trinajstić information content (AvgIpc) is 3.17. The van der Waals surface area contributed by atoms with Crippen LogP contribution in [0.1, 0.15) is 34.3 Å². The first-order valence-electron chi connectivity index (χ1n) is 6.67. The van der Waals surface area contributed by atoms with Crippen molar-refractivity contribution in [1.29, 1.82) is 0 Å². The highest BCUT2D eigenvalue weighted by Gasteiger charge is 2.22. The van der Waals surface area contributed by atoms with E-state index in [0.717, 1.165) is 24.5 Å². The number of benzene rings is 1. The van der Waals surface area contributed by atoms with E-state index in [4.69, 9.17) is 9.47 Å². The van der Waals surface area contributed by atoms with E-state index in [1.807, 2.05) is 6.07 Å². The molecular formula is C14H15N3O3S. The van der Waals surface area contributed by atoms with E-state index in [1.54, 1.807) is 18.2 Å². The van der Waals surface area contributed by atoms with Crippen molar-refractivity contribution in [2.75, 3.05) is 19.0 Å². The summed E-state index contributed by atoms with van der Waals surface area (Å²) in [6, 6.07) is 7.05. The molecule has 2 aromatic rings. The van der Waals surface area contributed by atoms with E-state index in [9.17, 15) is 4.79 Å². The van der Waals surface area contributed by atoms with Crippen molar-refractivity contribution in [2.24, 2.45) is 0 Å². The number of ether oxygens (including phenoxy) is 2. The van der Waals surface area contributed by atoms with Crippen LogP contribution in [0.3, 0.4) is 0 Å². The van der Waals surface area contributed by atoms with Gasteiger partial charge in [-0.2, -0.15) is 0 Å². The number of para-hydroxylation sites is 1. The molecule has 7 heteroatoms. The first-order chi connectivity index (χ1) is 10.3. The van der Waals surface area contributed by atoms with E-state index >= 15 is 0 Å². The fraction of sp³-hybridized carbons (Fsp3) is 0.357. The van der Waals surface area contributed by atoms with Crippen molar-refractivity contribution >= 4 is 22.4 Å². The Balaban J connectivity index is 1.72. The molecule has 2 heterocycles. The Morgan fingerprint density at radius 3 is 3.05 bits per heavy atom. The van der Waals surface area contributed by atoms with Crippen LogP contribution in [-0.4, -0.2) is 29.8 Å². The number of hydrogen-bond acceptors (Lipinski definition) is 6. The van der Waals surface area contributed by atoms with Crippen LogP contribution in [0.4, 0.5) is 5.13 Å². The van der Waals surface area contributed by atoms with Crippen LogP contribution in [0.15, 0.2) is 24.3 Å². The summed E-state index contributed by atoms with van der Waals surface area (Å²) in [5, 5.41) is 12.1. The topological polar surface area (TPSA) is 73.3 Å². The zero-order valence-electron chi connectivity index (χ0n) is 11.5. The van der Waals surface area contributed by atoms with Gasteiger partial charge in [-0.25, -0.2) is 0 Å². The van der Waals surface area contributed by atoms with Gasteiger partial charge in [-0.1, -0.05) is 23.5 Å². The van der Waals surface area contributed by atoms with Crippen LogP contribution >= 0.6 is 11.3 Å².